The van der Waals surface area contributed by atoms with Crippen LogP contribution in [0.4, 0.5) is 0 Å². The topological polar surface area (TPSA) is 21.3 Å². The molecular formula is C18H27NO. The van der Waals surface area contributed by atoms with E-state index in [1.165, 1.54) is 38.5 Å². The van der Waals surface area contributed by atoms with Crippen LogP contribution in [0.15, 0.2) is 18.2 Å². The third-order valence-electron chi connectivity index (χ3n) is 5.19. The van der Waals surface area contributed by atoms with E-state index < -0.39 is 0 Å². The summed E-state index contributed by atoms with van der Waals surface area (Å²) in [5.41, 5.74) is 3.12. The van der Waals surface area contributed by atoms with Crippen molar-refractivity contribution < 1.29 is 4.74 Å². The second kappa shape index (κ2) is 6.17. The summed E-state index contributed by atoms with van der Waals surface area (Å²) in [6, 6.07) is 7.40. The van der Waals surface area contributed by atoms with Gasteiger partial charge in [-0.15, -0.1) is 0 Å². The molecular weight excluding hydrogens is 246 g/mol. The minimum atomic E-state index is 0.682. The van der Waals surface area contributed by atoms with E-state index in [0.717, 1.165) is 24.1 Å². The van der Waals surface area contributed by atoms with Gasteiger partial charge in [0.05, 0.1) is 7.11 Å². The first-order valence-corrected chi connectivity index (χ1v) is 8.23. The molecule has 20 heavy (non-hydrogen) atoms. The fourth-order valence-corrected chi connectivity index (χ4v) is 4.20. The summed E-state index contributed by atoms with van der Waals surface area (Å²) in [5, 5.41) is 3.81. The zero-order valence-corrected chi connectivity index (χ0v) is 12.8. The molecule has 2 heteroatoms. The molecule has 1 aromatic rings. The van der Waals surface area contributed by atoms with E-state index in [0.29, 0.717) is 6.04 Å². The molecule has 2 nitrogen and oxygen atoms in total. The van der Waals surface area contributed by atoms with Gasteiger partial charge in [-0.05, 0) is 67.3 Å². The van der Waals surface area contributed by atoms with Crippen LogP contribution < -0.4 is 10.1 Å². The molecule has 0 aromatic heterocycles. The maximum absolute atomic E-state index is 5.44. The molecule has 2 aliphatic rings. The Morgan fingerprint density at radius 1 is 1.25 bits per heavy atom. The molecule has 110 valence electrons. The highest BCUT2D eigenvalue weighted by Gasteiger charge is 2.37. The predicted octanol–water partition coefficient (Wildman–Crippen LogP) is 3.89. The lowest BCUT2D eigenvalue weighted by molar-refractivity contribution is 0.215. The van der Waals surface area contributed by atoms with Crippen LogP contribution in [-0.4, -0.2) is 19.7 Å². The van der Waals surface area contributed by atoms with Crippen LogP contribution in [0.1, 0.15) is 56.1 Å². The van der Waals surface area contributed by atoms with Crippen molar-refractivity contribution in [1.29, 1.82) is 0 Å². The van der Waals surface area contributed by atoms with Crippen molar-refractivity contribution in [3.63, 3.8) is 0 Å². The summed E-state index contributed by atoms with van der Waals surface area (Å²) in [7, 11) is 1.77. The number of benzene rings is 1. The van der Waals surface area contributed by atoms with Crippen molar-refractivity contribution in [2.45, 2.75) is 57.4 Å². The molecule has 3 rings (SSSR count). The molecule has 1 saturated carbocycles. The van der Waals surface area contributed by atoms with Crippen LogP contribution in [0.3, 0.4) is 0 Å². The maximum atomic E-state index is 5.44. The van der Waals surface area contributed by atoms with E-state index >= 15 is 0 Å². The fourth-order valence-electron chi connectivity index (χ4n) is 4.20. The van der Waals surface area contributed by atoms with Crippen molar-refractivity contribution in [3.05, 3.63) is 29.3 Å². The molecule has 3 atom stereocenters. The van der Waals surface area contributed by atoms with E-state index in [2.05, 4.69) is 30.4 Å². The number of rotatable bonds is 4. The monoisotopic (exact) mass is 273 g/mol. The van der Waals surface area contributed by atoms with Crippen LogP contribution in [0.25, 0.3) is 0 Å². The minimum absolute atomic E-state index is 0.682. The van der Waals surface area contributed by atoms with Gasteiger partial charge < -0.3 is 10.1 Å². The zero-order chi connectivity index (χ0) is 13.9. The average Bonchev–Trinajstić information content (AvgIpc) is 2.52. The second-order valence-electron chi connectivity index (χ2n) is 6.38. The highest BCUT2D eigenvalue weighted by molar-refractivity contribution is 5.41. The Balaban J connectivity index is 1.90. The molecule has 0 amide bonds. The van der Waals surface area contributed by atoms with Crippen LogP contribution in [0, 0.1) is 5.92 Å². The van der Waals surface area contributed by atoms with Crippen molar-refractivity contribution in [2.24, 2.45) is 5.92 Å². The Kier molecular flexibility index (Phi) is 4.30. The van der Waals surface area contributed by atoms with Gasteiger partial charge in [0.15, 0.2) is 0 Å². The summed E-state index contributed by atoms with van der Waals surface area (Å²) in [5.74, 6) is 2.60. The summed E-state index contributed by atoms with van der Waals surface area (Å²) >= 11 is 0. The molecule has 2 aliphatic carbocycles. The first-order chi connectivity index (χ1) is 9.83. The number of ether oxygens (including phenoxy) is 1. The van der Waals surface area contributed by atoms with E-state index in [4.69, 9.17) is 4.74 Å². The second-order valence-corrected chi connectivity index (χ2v) is 6.38. The number of methoxy groups -OCH3 is 1. The Morgan fingerprint density at radius 3 is 2.90 bits per heavy atom. The predicted molar refractivity (Wildman–Crippen MR) is 83.5 cm³/mol. The van der Waals surface area contributed by atoms with Gasteiger partial charge in [0.25, 0.3) is 0 Å². The summed E-state index contributed by atoms with van der Waals surface area (Å²) < 4.78 is 5.44. The fraction of sp³-hybridized carbons (Fsp3) is 0.667. The molecule has 0 spiro atoms. The number of hydrogen-bond donors (Lipinski definition) is 1. The highest BCUT2D eigenvalue weighted by Crippen LogP contribution is 2.46. The van der Waals surface area contributed by atoms with Crippen molar-refractivity contribution in [2.75, 3.05) is 13.7 Å². The molecule has 1 fully saturated rings. The first-order valence-electron chi connectivity index (χ1n) is 8.23. The van der Waals surface area contributed by atoms with Crippen molar-refractivity contribution >= 4 is 0 Å². The average molecular weight is 273 g/mol. The first kappa shape index (κ1) is 13.9. The number of fused-ring (bicyclic) bond motifs is 3. The van der Waals surface area contributed by atoms with Crippen molar-refractivity contribution in [1.82, 2.24) is 5.32 Å². The largest absolute Gasteiger partial charge is 0.497 e. The van der Waals surface area contributed by atoms with E-state index in [1.54, 1.807) is 18.2 Å². The summed E-state index contributed by atoms with van der Waals surface area (Å²) in [6.07, 6.45) is 7.96. The lowest BCUT2D eigenvalue weighted by Gasteiger charge is -2.43. The maximum Gasteiger partial charge on any atom is 0.119 e. The van der Waals surface area contributed by atoms with Gasteiger partial charge in [-0.25, -0.2) is 0 Å². The highest BCUT2D eigenvalue weighted by atomic mass is 16.5. The quantitative estimate of drug-likeness (QED) is 0.898. The van der Waals surface area contributed by atoms with Crippen molar-refractivity contribution in [3.8, 4) is 5.75 Å². The van der Waals surface area contributed by atoms with Crippen LogP contribution in [0.5, 0.6) is 5.75 Å². The minimum Gasteiger partial charge on any atom is -0.497 e. The molecule has 0 saturated heterocycles. The Hall–Kier alpha value is -1.02. The van der Waals surface area contributed by atoms with Crippen LogP contribution in [0.2, 0.25) is 0 Å². The zero-order valence-electron chi connectivity index (χ0n) is 12.8. The molecule has 1 N–H and O–H groups in total. The SMILES string of the molecule is CCCN[C@H]1Cc2ccc(OC)cc2C2CCCCC21. The van der Waals surface area contributed by atoms with Crippen LogP contribution >= 0.6 is 0 Å². The molecule has 0 aliphatic heterocycles. The molecule has 2 unspecified atom stereocenters. The van der Waals surface area contributed by atoms with E-state index in [9.17, 15) is 0 Å². The van der Waals surface area contributed by atoms with Gasteiger partial charge in [0.2, 0.25) is 0 Å². The van der Waals surface area contributed by atoms with Gasteiger partial charge >= 0.3 is 0 Å². The smallest absolute Gasteiger partial charge is 0.119 e. The van der Waals surface area contributed by atoms with Gasteiger partial charge in [0.1, 0.15) is 5.75 Å². The number of nitrogens with one attached hydrogen (secondary N) is 1. The Bertz CT molecular complexity index is 457. The molecule has 0 radical (unpaired) electrons. The third-order valence-corrected chi connectivity index (χ3v) is 5.19. The molecule has 0 bridgehead atoms. The normalized spacial score (nSPS) is 28.6. The Labute approximate surface area is 122 Å². The lowest BCUT2D eigenvalue weighted by Crippen LogP contribution is -2.45. The standard InChI is InChI=1S/C18H27NO/c1-3-10-19-18-11-13-8-9-14(20-2)12-17(13)15-6-4-5-7-16(15)18/h8-9,12,15-16,18-19H,3-7,10-11H2,1-2H3/t15?,16?,18-/m0/s1. The molecule has 0 heterocycles. The van der Waals surface area contributed by atoms with E-state index in [1.807, 2.05) is 0 Å². The van der Waals surface area contributed by atoms with Gasteiger partial charge in [-0.2, -0.15) is 0 Å². The summed E-state index contributed by atoms with van der Waals surface area (Å²) in [4.78, 5) is 0. The third kappa shape index (κ3) is 2.58. The van der Waals surface area contributed by atoms with Gasteiger partial charge in [-0.1, -0.05) is 25.8 Å². The molecule has 1 aromatic carbocycles. The van der Waals surface area contributed by atoms with Gasteiger partial charge in [-0.3, -0.25) is 0 Å². The number of hydrogen-bond acceptors (Lipinski definition) is 2. The Morgan fingerprint density at radius 2 is 2.10 bits per heavy atom. The van der Waals surface area contributed by atoms with E-state index in [-0.39, 0.29) is 0 Å². The lowest BCUT2D eigenvalue weighted by atomic mass is 9.66. The summed E-state index contributed by atoms with van der Waals surface area (Å²) in [6.45, 7) is 3.41. The van der Waals surface area contributed by atoms with Crippen LogP contribution in [-0.2, 0) is 6.42 Å². The van der Waals surface area contributed by atoms with Gasteiger partial charge in [0, 0.05) is 6.04 Å².